The van der Waals surface area contributed by atoms with E-state index in [-0.39, 0.29) is 0 Å². The SMILES string of the molecule is CCOc1ncnc(NCCCNS(C)(=O)=O)c1N. The van der Waals surface area contributed by atoms with Crippen LogP contribution in [-0.2, 0) is 10.0 Å². The third-order valence-corrected chi connectivity index (χ3v) is 2.87. The van der Waals surface area contributed by atoms with Gasteiger partial charge in [0.25, 0.3) is 0 Å². The molecule has 1 heterocycles. The molecule has 0 saturated heterocycles. The van der Waals surface area contributed by atoms with E-state index < -0.39 is 10.0 Å². The van der Waals surface area contributed by atoms with E-state index in [1.807, 2.05) is 6.92 Å². The van der Waals surface area contributed by atoms with Crippen LogP contribution in [0.4, 0.5) is 11.5 Å². The number of hydrogen-bond donors (Lipinski definition) is 3. The molecule has 19 heavy (non-hydrogen) atoms. The lowest BCUT2D eigenvalue weighted by Crippen LogP contribution is -2.24. The van der Waals surface area contributed by atoms with Gasteiger partial charge in [0.15, 0.2) is 5.82 Å². The Morgan fingerprint density at radius 3 is 2.74 bits per heavy atom. The van der Waals surface area contributed by atoms with Crippen molar-refractivity contribution in [1.29, 1.82) is 0 Å². The quantitative estimate of drug-likeness (QED) is 0.567. The fraction of sp³-hybridized carbons (Fsp3) is 0.600. The van der Waals surface area contributed by atoms with E-state index in [1.165, 1.54) is 6.33 Å². The number of anilines is 2. The molecule has 0 amide bonds. The molecule has 0 spiro atoms. The summed E-state index contributed by atoms with van der Waals surface area (Å²) in [7, 11) is -3.14. The highest BCUT2D eigenvalue weighted by molar-refractivity contribution is 7.88. The first-order valence-corrected chi connectivity index (χ1v) is 7.75. The second-order valence-corrected chi connectivity index (χ2v) is 5.65. The van der Waals surface area contributed by atoms with Gasteiger partial charge < -0.3 is 15.8 Å². The zero-order valence-electron chi connectivity index (χ0n) is 11.0. The number of nitrogens with zero attached hydrogens (tertiary/aromatic N) is 2. The van der Waals surface area contributed by atoms with Gasteiger partial charge in [0, 0.05) is 13.1 Å². The van der Waals surface area contributed by atoms with Crippen LogP contribution >= 0.6 is 0 Å². The first-order valence-electron chi connectivity index (χ1n) is 5.86. The molecule has 1 aromatic rings. The average molecular weight is 289 g/mol. The summed E-state index contributed by atoms with van der Waals surface area (Å²) in [6.45, 7) is 3.20. The summed E-state index contributed by atoms with van der Waals surface area (Å²) < 4.78 is 29.3. The minimum Gasteiger partial charge on any atom is -0.476 e. The van der Waals surface area contributed by atoms with Crippen molar-refractivity contribution in [3.05, 3.63) is 6.33 Å². The number of sulfonamides is 1. The first-order chi connectivity index (χ1) is 8.94. The molecular formula is C10H19N5O3S. The Balaban J connectivity index is 2.43. The minimum absolute atomic E-state index is 0.342. The van der Waals surface area contributed by atoms with Gasteiger partial charge in [-0.15, -0.1) is 0 Å². The monoisotopic (exact) mass is 289 g/mol. The van der Waals surface area contributed by atoms with E-state index in [0.29, 0.717) is 43.5 Å². The molecule has 9 heteroatoms. The fourth-order valence-electron chi connectivity index (χ4n) is 1.32. The molecule has 108 valence electrons. The van der Waals surface area contributed by atoms with Gasteiger partial charge >= 0.3 is 0 Å². The van der Waals surface area contributed by atoms with E-state index in [0.717, 1.165) is 6.26 Å². The zero-order chi connectivity index (χ0) is 14.3. The summed E-state index contributed by atoms with van der Waals surface area (Å²) in [5, 5.41) is 3.01. The molecular weight excluding hydrogens is 270 g/mol. The minimum atomic E-state index is -3.14. The standard InChI is InChI=1S/C10H19N5O3S/c1-3-18-10-8(11)9(13-7-14-10)12-5-4-6-15-19(2,16)17/h7,15H,3-6,11H2,1-2H3,(H,12,13,14). The van der Waals surface area contributed by atoms with Crippen LogP contribution in [0.15, 0.2) is 6.33 Å². The Kier molecular flexibility index (Phi) is 5.77. The van der Waals surface area contributed by atoms with Crippen LogP contribution in [0.5, 0.6) is 5.88 Å². The molecule has 0 saturated carbocycles. The van der Waals surface area contributed by atoms with Gasteiger partial charge in [-0.1, -0.05) is 0 Å². The van der Waals surface area contributed by atoms with Crippen LogP contribution in [0, 0.1) is 0 Å². The van der Waals surface area contributed by atoms with Crippen LogP contribution in [-0.4, -0.2) is 44.3 Å². The lowest BCUT2D eigenvalue weighted by atomic mass is 10.4. The van der Waals surface area contributed by atoms with E-state index >= 15 is 0 Å². The van der Waals surface area contributed by atoms with Crippen molar-refractivity contribution in [2.24, 2.45) is 0 Å². The maximum atomic E-state index is 10.8. The van der Waals surface area contributed by atoms with Crippen molar-refractivity contribution in [3.63, 3.8) is 0 Å². The highest BCUT2D eigenvalue weighted by atomic mass is 32.2. The van der Waals surface area contributed by atoms with Crippen molar-refractivity contribution < 1.29 is 13.2 Å². The topological polar surface area (TPSA) is 119 Å². The third-order valence-electron chi connectivity index (χ3n) is 2.14. The van der Waals surface area contributed by atoms with Crippen LogP contribution < -0.4 is 20.5 Å². The molecule has 1 aromatic heterocycles. The van der Waals surface area contributed by atoms with Gasteiger partial charge in [-0.05, 0) is 13.3 Å². The Labute approximate surface area is 112 Å². The number of hydrogen-bond acceptors (Lipinski definition) is 7. The Hall–Kier alpha value is -1.61. The van der Waals surface area contributed by atoms with Crippen LogP contribution in [0.2, 0.25) is 0 Å². The van der Waals surface area contributed by atoms with Crippen LogP contribution in [0.3, 0.4) is 0 Å². The molecule has 0 fully saturated rings. The summed E-state index contributed by atoms with van der Waals surface area (Å²) in [6.07, 6.45) is 3.09. The third kappa shape index (κ3) is 5.71. The Morgan fingerprint density at radius 2 is 2.11 bits per heavy atom. The lowest BCUT2D eigenvalue weighted by molar-refractivity contribution is 0.328. The largest absolute Gasteiger partial charge is 0.476 e. The Bertz CT molecular complexity index is 506. The molecule has 0 aromatic carbocycles. The molecule has 0 aliphatic carbocycles. The smallest absolute Gasteiger partial charge is 0.242 e. The van der Waals surface area contributed by atoms with Crippen molar-refractivity contribution in [2.45, 2.75) is 13.3 Å². The molecule has 4 N–H and O–H groups in total. The van der Waals surface area contributed by atoms with Gasteiger partial charge in [-0.2, -0.15) is 4.98 Å². The van der Waals surface area contributed by atoms with Crippen molar-refractivity contribution in [3.8, 4) is 5.88 Å². The summed E-state index contributed by atoms with van der Waals surface area (Å²) in [4.78, 5) is 7.92. The molecule has 0 aliphatic heterocycles. The maximum Gasteiger partial charge on any atom is 0.242 e. The number of nitrogens with one attached hydrogen (secondary N) is 2. The van der Waals surface area contributed by atoms with E-state index in [9.17, 15) is 8.42 Å². The zero-order valence-corrected chi connectivity index (χ0v) is 11.8. The molecule has 0 radical (unpaired) electrons. The van der Waals surface area contributed by atoms with Crippen molar-refractivity contribution in [1.82, 2.24) is 14.7 Å². The number of aromatic nitrogens is 2. The predicted molar refractivity (Wildman–Crippen MR) is 73.6 cm³/mol. The first kappa shape index (κ1) is 15.4. The predicted octanol–water partition coefficient (Wildman–Crippen LogP) is -0.191. The van der Waals surface area contributed by atoms with Gasteiger partial charge in [-0.25, -0.2) is 18.1 Å². The van der Waals surface area contributed by atoms with Gasteiger partial charge in [0.05, 0.1) is 12.9 Å². The normalized spacial score (nSPS) is 11.3. The molecule has 0 bridgehead atoms. The summed E-state index contributed by atoms with van der Waals surface area (Å²) >= 11 is 0. The van der Waals surface area contributed by atoms with E-state index in [2.05, 4.69) is 20.0 Å². The summed E-state index contributed by atoms with van der Waals surface area (Å²) in [6, 6.07) is 0. The Morgan fingerprint density at radius 1 is 1.37 bits per heavy atom. The number of nitrogen functional groups attached to an aromatic ring is 1. The van der Waals surface area contributed by atoms with Crippen LogP contribution in [0.1, 0.15) is 13.3 Å². The molecule has 1 rings (SSSR count). The molecule has 0 aliphatic rings. The maximum absolute atomic E-state index is 10.8. The van der Waals surface area contributed by atoms with Crippen molar-refractivity contribution >= 4 is 21.5 Å². The second kappa shape index (κ2) is 7.10. The fourth-order valence-corrected chi connectivity index (χ4v) is 1.84. The lowest BCUT2D eigenvalue weighted by Gasteiger charge is -2.10. The van der Waals surface area contributed by atoms with Gasteiger partial charge in [0.1, 0.15) is 12.0 Å². The number of nitrogens with two attached hydrogens (primary N) is 1. The molecule has 0 unspecified atom stereocenters. The summed E-state index contributed by atoms with van der Waals surface area (Å²) in [5.74, 6) is 0.826. The van der Waals surface area contributed by atoms with Crippen LogP contribution in [0.25, 0.3) is 0 Å². The number of rotatable bonds is 8. The molecule has 8 nitrogen and oxygen atoms in total. The van der Waals surface area contributed by atoms with Crippen molar-refractivity contribution in [2.75, 3.05) is 37.0 Å². The van der Waals surface area contributed by atoms with Gasteiger partial charge in [-0.3, -0.25) is 0 Å². The average Bonchev–Trinajstić information content (AvgIpc) is 2.32. The second-order valence-electron chi connectivity index (χ2n) is 3.82. The van der Waals surface area contributed by atoms with E-state index in [4.69, 9.17) is 10.5 Å². The number of ether oxygens (including phenoxy) is 1. The summed E-state index contributed by atoms with van der Waals surface area (Å²) in [5.41, 5.74) is 6.18. The van der Waals surface area contributed by atoms with Gasteiger partial charge in [0.2, 0.25) is 15.9 Å². The van der Waals surface area contributed by atoms with E-state index in [1.54, 1.807) is 0 Å². The highest BCUT2D eigenvalue weighted by Gasteiger charge is 2.08. The highest BCUT2D eigenvalue weighted by Crippen LogP contribution is 2.24. The molecule has 0 atom stereocenters.